The lowest BCUT2D eigenvalue weighted by molar-refractivity contribution is -0.137. The number of amidine groups is 1. The number of unbranched alkanes of at least 4 members (excludes halogenated alkanes) is 28. The van der Waals surface area contributed by atoms with Gasteiger partial charge in [-0.3, -0.25) is 9.79 Å². The number of aliphatic carboxylic acids is 1. The summed E-state index contributed by atoms with van der Waals surface area (Å²) in [5, 5.41) is 8.52. The summed E-state index contributed by atoms with van der Waals surface area (Å²) < 4.78 is 0. The number of carboxylic acid groups (broad SMARTS) is 1. The molecule has 1 heterocycles. The second-order valence-corrected chi connectivity index (χ2v) is 13.9. The number of carboxylic acids is 1. The van der Waals surface area contributed by atoms with Crippen molar-refractivity contribution in [3.05, 3.63) is 0 Å². The maximum atomic E-state index is 10.3. The smallest absolute Gasteiger partial charge is 0.303 e. The van der Waals surface area contributed by atoms with Crippen molar-refractivity contribution in [3.63, 3.8) is 0 Å². The van der Waals surface area contributed by atoms with E-state index in [0.717, 1.165) is 45.4 Å². The summed E-state index contributed by atoms with van der Waals surface area (Å²) in [7, 11) is 0. The van der Waals surface area contributed by atoms with Crippen molar-refractivity contribution < 1.29 is 9.90 Å². The fourth-order valence-electron chi connectivity index (χ4n) is 6.46. The minimum Gasteiger partial charge on any atom is -0.481 e. The van der Waals surface area contributed by atoms with E-state index < -0.39 is 5.97 Å². The zero-order chi connectivity index (χ0) is 32.9. The molecule has 0 aromatic heterocycles. The predicted octanol–water partition coefficient (Wildman–Crippen LogP) is 12.3. The number of nitrogens with zero attached hydrogens (tertiary/aromatic N) is 2. The molecule has 0 amide bonds. The number of nitrogens with two attached hydrogens (primary N) is 1. The molecule has 0 bridgehead atoms. The molecule has 0 aromatic carbocycles. The molecular formula is C40H81N3O2. The van der Waals surface area contributed by atoms with Gasteiger partial charge in [0.15, 0.2) is 0 Å². The van der Waals surface area contributed by atoms with Gasteiger partial charge in [0, 0.05) is 32.5 Å². The second-order valence-electron chi connectivity index (χ2n) is 13.9. The molecule has 0 saturated carbocycles. The van der Waals surface area contributed by atoms with Crippen molar-refractivity contribution in [3.8, 4) is 0 Å². The summed E-state index contributed by atoms with van der Waals surface area (Å²) in [4.78, 5) is 17.3. The molecule has 0 fully saturated rings. The van der Waals surface area contributed by atoms with Crippen molar-refractivity contribution in [2.45, 2.75) is 219 Å². The normalized spacial score (nSPS) is 12.8. The first-order valence-electron chi connectivity index (χ1n) is 20.4. The Hall–Kier alpha value is -1.10. The second kappa shape index (κ2) is 37.4. The summed E-state index contributed by atoms with van der Waals surface area (Å²) >= 11 is 0. The fourth-order valence-corrected chi connectivity index (χ4v) is 6.46. The molecule has 0 aromatic rings. The molecule has 268 valence electrons. The number of carbonyl (C=O) groups is 1. The molecule has 5 nitrogen and oxygen atoms in total. The Morgan fingerprint density at radius 2 is 0.911 bits per heavy atom. The van der Waals surface area contributed by atoms with Crippen LogP contribution in [0.4, 0.5) is 0 Å². The first-order valence-corrected chi connectivity index (χ1v) is 20.4. The van der Waals surface area contributed by atoms with Gasteiger partial charge in [0.05, 0.1) is 12.4 Å². The summed E-state index contributed by atoms with van der Waals surface area (Å²) in [5.41, 5.74) is 5.66. The Kier molecular flexibility index (Phi) is 36.4. The van der Waals surface area contributed by atoms with E-state index in [0.29, 0.717) is 6.42 Å². The average Bonchev–Trinajstić information content (AvgIpc) is 3.48. The Morgan fingerprint density at radius 1 is 0.578 bits per heavy atom. The van der Waals surface area contributed by atoms with Gasteiger partial charge in [-0.15, -0.1) is 0 Å². The highest BCUT2D eigenvalue weighted by molar-refractivity contribution is 5.83. The summed E-state index contributed by atoms with van der Waals surface area (Å²) in [6.07, 6.45) is 42.8. The topological polar surface area (TPSA) is 78.9 Å². The van der Waals surface area contributed by atoms with Gasteiger partial charge in [-0.2, -0.15) is 0 Å². The lowest BCUT2D eigenvalue weighted by Crippen LogP contribution is -2.32. The molecule has 1 aliphatic heterocycles. The van der Waals surface area contributed by atoms with Crippen LogP contribution in [-0.4, -0.2) is 48.0 Å². The van der Waals surface area contributed by atoms with Gasteiger partial charge in [0.25, 0.3) is 0 Å². The third-order valence-electron chi connectivity index (χ3n) is 9.43. The van der Waals surface area contributed by atoms with Crippen molar-refractivity contribution in [1.82, 2.24) is 4.90 Å². The van der Waals surface area contributed by atoms with E-state index in [1.54, 1.807) is 0 Å². The maximum Gasteiger partial charge on any atom is 0.303 e. The van der Waals surface area contributed by atoms with E-state index in [2.05, 4.69) is 23.7 Å². The number of hydrogen-bond acceptors (Lipinski definition) is 4. The third kappa shape index (κ3) is 34.1. The van der Waals surface area contributed by atoms with Crippen LogP contribution in [-0.2, 0) is 4.79 Å². The van der Waals surface area contributed by atoms with Crippen molar-refractivity contribution in [1.29, 1.82) is 0 Å². The van der Waals surface area contributed by atoms with Crippen LogP contribution in [0.3, 0.4) is 0 Å². The van der Waals surface area contributed by atoms with Crippen LogP contribution in [0.25, 0.3) is 0 Å². The van der Waals surface area contributed by atoms with Crippen molar-refractivity contribution in [2.24, 2.45) is 10.7 Å². The van der Waals surface area contributed by atoms with Gasteiger partial charge >= 0.3 is 5.97 Å². The van der Waals surface area contributed by atoms with Gasteiger partial charge in [-0.1, -0.05) is 194 Å². The highest BCUT2D eigenvalue weighted by Gasteiger charge is 2.14. The van der Waals surface area contributed by atoms with Crippen LogP contribution < -0.4 is 5.73 Å². The molecule has 0 saturated heterocycles. The molecule has 45 heavy (non-hydrogen) atoms. The zero-order valence-electron chi connectivity index (χ0n) is 30.8. The van der Waals surface area contributed by atoms with E-state index in [1.165, 1.54) is 186 Å². The molecule has 0 unspecified atom stereocenters. The highest BCUT2D eigenvalue weighted by Crippen LogP contribution is 2.16. The predicted molar refractivity (Wildman–Crippen MR) is 200 cm³/mol. The van der Waals surface area contributed by atoms with E-state index in [1.807, 2.05) is 0 Å². The standard InChI is InChI=1S/C22H45N3.C18H36O2/c1-2-3-4-5-6-7-8-9-10-11-12-13-14-15-16-17-22-24-19-21-25(22)20-18-23;1-2-3-4-5-6-7-8-9-10-11-12-13-14-15-16-17-18(19)20/h2-21,23H2,1H3;2-17H2,1H3,(H,19,20). The zero-order valence-corrected chi connectivity index (χ0v) is 30.8. The number of rotatable bonds is 34. The Morgan fingerprint density at radius 3 is 1.24 bits per heavy atom. The van der Waals surface area contributed by atoms with Gasteiger partial charge in [-0.05, 0) is 12.8 Å². The molecule has 0 radical (unpaired) electrons. The van der Waals surface area contributed by atoms with Gasteiger partial charge in [0.1, 0.15) is 0 Å². The molecule has 1 rings (SSSR count). The van der Waals surface area contributed by atoms with E-state index >= 15 is 0 Å². The maximum absolute atomic E-state index is 10.3. The Balaban J connectivity index is 0.000000884. The van der Waals surface area contributed by atoms with Gasteiger partial charge in [0.2, 0.25) is 0 Å². The third-order valence-corrected chi connectivity index (χ3v) is 9.43. The highest BCUT2D eigenvalue weighted by atomic mass is 16.4. The molecule has 0 atom stereocenters. The molecule has 5 heteroatoms. The monoisotopic (exact) mass is 636 g/mol. The van der Waals surface area contributed by atoms with Gasteiger partial charge < -0.3 is 15.7 Å². The lowest BCUT2D eigenvalue weighted by Gasteiger charge is -2.19. The quantitative estimate of drug-likeness (QED) is 0.0689. The average molecular weight is 636 g/mol. The first-order chi connectivity index (χ1) is 22.2. The van der Waals surface area contributed by atoms with Crippen LogP contribution in [0.2, 0.25) is 0 Å². The van der Waals surface area contributed by atoms with Crippen molar-refractivity contribution in [2.75, 3.05) is 26.2 Å². The van der Waals surface area contributed by atoms with Crippen molar-refractivity contribution >= 4 is 11.8 Å². The molecule has 0 spiro atoms. The van der Waals surface area contributed by atoms with Crippen LogP contribution in [0.15, 0.2) is 4.99 Å². The Bertz CT molecular complexity index is 625. The summed E-state index contributed by atoms with van der Waals surface area (Å²) in [5.74, 6) is 0.667. The minimum atomic E-state index is -0.653. The van der Waals surface area contributed by atoms with E-state index in [4.69, 9.17) is 10.8 Å². The van der Waals surface area contributed by atoms with Crippen LogP contribution in [0.1, 0.15) is 219 Å². The first kappa shape index (κ1) is 43.9. The molecule has 0 aliphatic carbocycles. The number of hydrogen-bond donors (Lipinski definition) is 2. The summed E-state index contributed by atoms with van der Waals surface area (Å²) in [6, 6.07) is 0. The SMILES string of the molecule is CCCCCCCCCCCCCCCCCC(=O)O.CCCCCCCCCCCCCCCCCC1=NCCN1CCN. The largest absolute Gasteiger partial charge is 0.481 e. The molecule has 1 aliphatic rings. The van der Waals surface area contributed by atoms with Crippen LogP contribution in [0.5, 0.6) is 0 Å². The minimum absolute atomic E-state index is 0.345. The fraction of sp³-hybridized carbons (Fsp3) is 0.950. The van der Waals surface area contributed by atoms with Gasteiger partial charge in [-0.25, -0.2) is 0 Å². The Labute approximate surface area is 282 Å². The van der Waals surface area contributed by atoms with Crippen LogP contribution in [0, 0.1) is 0 Å². The van der Waals surface area contributed by atoms with E-state index in [-0.39, 0.29) is 0 Å². The summed E-state index contributed by atoms with van der Waals surface area (Å²) in [6.45, 7) is 8.36. The lowest BCUT2D eigenvalue weighted by atomic mass is 10.0. The number of aliphatic imine (C=N–C) groups is 1. The molecular weight excluding hydrogens is 554 g/mol. The molecule has 3 N–H and O–H groups in total. The van der Waals surface area contributed by atoms with Crippen LogP contribution >= 0.6 is 0 Å². The van der Waals surface area contributed by atoms with E-state index in [9.17, 15) is 4.79 Å².